The normalized spacial score (nSPS) is 11.3. The van der Waals surface area contributed by atoms with Crippen LogP contribution < -0.4 is 0 Å². The van der Waals surface area contributed by atoms with Gasteiger partial charge in [-0.15, -0.1) is 11.3 Å². The lowest BCUT2D eigenvalue weighted by Gasteiger charge is -2.03. The second-order valence-electron chi connectivity index (χ2n) is 6.70. The van der Waals surface area contributed by atoms with Gasteiger partial charge in [0.15, 0.2) is 5.65 Å². The monoisotopic (exact) mass is 352 g/mol. The van der Waals surface area contributed by atoms with Gasteiger partial charge in [-0.25, -0.2) is 15.0 Å². The van der Waals surface area contributed by atoms with E-state index in [9.17, 15) is 0 Å². The number of pyridine rings is 1. The molecule has 0 fully saturated rings. The minimum absolute atomic E-state index is 0.444. The van der Waals surface area contributed by atoms with E-state index in [-0.39, 0.29) is 0 Å². The number of hydrogen-bond donors (Lipinski definition) is 0. The molecule has 3 aromatic heterocycles. The lowest BCUT2D eigenvalue weighted by atomic mass is 10.2. The Labute approximate surface area is 152 Å². The molecule has 1 aromatic carbocycles. The van der Waals surface area contributed by atoms with Crippen molar-refractivity contribution < 1.29 is 0 Å². The number of para-hydroxylation sites is 1. The first-order valence-corrected chi connectivity index (χ1v) is 9.41. The molecule has 0 aliphatic heterocycles. The van der Waals surface area contributed by atoms with Crippen molar-refractivity contribution in [3.05, 3.63) is 53.4 Å². The second kappa shape index (κ2) is 7.31. The van der Waals surface area contributed by atoms with Gasteiger partial charge in [0.1, 0.15) is 11.3 Å². The second-order valence-corrected chi connectivity index (χ2v) is 7.77. The summed E-state index contributed by atoms with van der Waals surface area (Å²) in [6.07, 6.45) is 1.80. The molecule has 4 aromatic rings. The maximum atomic E-state index is 4.53. The van der Waals surface area contributed by atoms with Crippen molar-refractivity contribution >= 4 is 32.7 Å². The molecule has 0 aliphatic rings. The van der Waals surface area contributed by atoms with Gasteiger partial charge in [-0.05, 0) is 24.3 Å². The van der Waals surface area contributed by atoms with Crippen molar-refractivity contribution in [1.82, 2.24) is 19.5 Å². The van der Waals surface area contributed by atoms with Crippen LogP contribution >= 0.6 is 11.3 Å². The van der Waals surface area contributed by atoms with E-state index in [0.717, 1.165) is 22.5 Å². The van der Waals surface area contributed by atoms with Crippen molar-refractivity contribution in [3.8, 4) is 0 Å². The molecular formula is C20H24N4S. The van der Waals surface area contributed by atoms with Crippen LogP contribution in [0.3, 0.4) is 0 Å². The molecule has 0 N–H and O–H groups in total. The predicted molar refractivity (Wildman–Crippen MR) is 106 cm³/mol. The van der Waals surface area contributed by atoms with Gasteiger partial charge in [-0.1, -0.05) is 39.8 Å². The molecule has 3 heterocycles. The Kier molecular flexibility index (Phi) is 5.13. The van der Waals surface area contributed by atoms with Crippen LogP contribution in [0.4, 0.5) is 0 Å². The van der Waals surface area contributed by atoms with Gasteiger partial charge in [0, 0.05) is 25.1 Å². The lowest BCUT2D eigenvalue weighted by Crippen LogP contribution is -1.99. The summed E-state index contributed by atoms with van der Waals surface area (Å²) < 4.78 is 3.35. The molecule has 0 aliphatic carbocycles. The quantitative estimate of drug-likeness (QED) is 0.477. The Morgan fingerprint density at radius 2 is 1.60 bits per heavy atom. The lowest BCUT2D eigenvalue weighted by molar-refractivity contribution is 0.719. The van der Waals surface area contributed by atoms with Crippen molar-refractivity contribution in [1.29, 1.82) is 0 Å². The maximum Gasteiger partial charge on any atom is 0.159 e. The molecule has 0 saturated carbocycles. The highest BCUT2D eigenvalue weighted by Crippen LogP contribution is 2.26. The molecule has 4 nitrogen and oxygen atoms in total. The molecule has 0 amide bonds. The Balaban J connectivity index is 0.000000146. The zero-order valence-corrected chi connectivity index (χ0v) is 16.2. The summed E-state index contributed by atoms with van der Waals surface area (Å²) in [5, 5.41) is 1.23. The topological polar surface area (TPSA) is 43.6 Å². The molecular weight excluding hydrogens is 328 g/mol. The Morgan fingerprint density at radius 1 is 0.880 bits per heavy atom. The fraction of sp³-hybridized carbons (Fsp3) is 0.350. The molecule has 0 unspecified atom stereocenters. The number of hydrogen-bond acceptors (Lipinski definition) is 4. The van der Waals surface area contributed by atoms with Gasteiger partial charge < -0.3 is 4.57 Å². The van der Waals surface area contributed by atoms with E-state index in [1.54, 1.807) is 17.5 Å². The van der Waals surface area contributed by atoms with Crippen LogP contribution in [0.5, 0.6) is 0 Å². The number of aromatic nitrogens is 4. The van der Waals surface area contributed by atoms with Crippen LogP contribution in [0.2, 0.25) is 0 Å². The fourth-order valence-electron chi connectivity index (χ4n) is 2.69. The largest absolute Gasteiger partial charge is 0.316 e. The average Bonchev–Trinajstić information content (AvgIpc) is 3.17. The highest BCUT2D eigenvalue weighted by atomic mass is 32.1. The summed E-state index contributed by atoms with van der Waals surface area (Å²) in [5.74, 6) is 2.08. The van der Waals surface area contributed by atoms with Crippen LogP contribution in [0, 0.1) is 0 Å². The van der Waals surface area contributed by atoms with Crippen LogP contribution in [0.25, 0.3) is 21.4 Å². The van der Waals surface area contributed by atoms with Crippen LogP contribution in [-0.4, -0.2) is 19.5 Å². The van der Waals surface area contributed by atoms with Crippen molar-refractivity contribution in [2.24, 2.45) is 7.05 Å². The van der Waals surface area contributed by atoms with E-state index >= 15 is 0 Å². The number of thiazole rings is 1. The fourth-order valence-corrected chi connectivity index (χ4v) is 3.66. The third-order valence-corrected chi connectivity index (χ3v) is 5.32. The molecule has 0 spiro atoms. The number of imidazole rings is 1. The van der Waals surface area contributed by atoms with E-state index in [1.165, 1.54) is 9.71 Å². The van der Waals surface area contributed by atoms with Crippen LogP contribution in [0.1, 0.15) is 50.4 Å². The SMILES string of the molecule is CC(C)c1nc2ccccc2s1.CC(C)c1nc2cccnc2n1C. The smallest absolute Gasteiger partial charge is 0.159 e. The number of fused-ring (bicyclic) bond motifs is 2. The van der Waals surface area contributed by atoms with Gasteiger partial charge in [0.25, 0.3) is 0 Å². The molecule has 0 bridgehead atoms. The minimum Gasteiger partial charge on any atom is -0.316 e. The average molecular weight is 353 g/mol. The summed E-state index contributed by atoms with van der Waals surface area (Å²) in [6.45, 7) is 8.64. The van der Waals surface area contributed by atoms with Gasteiger partial charge in [0.05, 0.1) is 15.2 Å². The number of aryl methyl sites for hydroxylation is 1. The highest BCUT2D eigenvalue weighted by Gasteiger charge is 2.10. The van der Waals surface area contributed by atoms with Crippen molar-refractivity contribution in [3.63, 3.8) is 0 Å². The summed E-state index contributed by atoms with van der Waals surface area (Å²) in [4.78, 5) is 13.3. The van der Waals surface area contributed by atoms with E-state index in [2.05, 4.69) is 65.4 Å². The minimum atomic E-state index is 0.444. The predicted octanol–water partition coefficient (Wildman–Crippen LogP) is 5.51. The van der Waals surface area contributed by atoms with Crippen LogP contribution in [-0.2, 0) is 7.05 Å². The number of benzene rings is 1. The highest BCUT2D eigenvalue weighted by molar-refractivity contribution is 7.18. The molecule has 0 radical (unpaired) electrons. The summed E-state index contributed by atoms with van der Waals surface area (Å²) in [6, 6.07) is 12.2. The Bertz CT molecular complexity index is 949. The van der Waals surface area contributed by atoms with Crippen LogP contribution in [0.15, 0.2) is 42.6 Å². The summed E-state index contributed by atoms with van der Waals surface area (Å²) >= 11 is 1.79. The van der Waals surface area contributed by atoms with E-state index in [0.29, 0.717) is 11.8 Å². The summed E-state index contributed by atoms with van der Waals surface area (Å²) in [7, 11) is 2.01. The molecule has 0 saturated heterocycles. The third kappa shape index (κ3) is 3.71. The third-order valence-electron chi connectivity index (χ3n) is 3.98. The van der Waals surface area contributed by atoms with Gasteiger partial charge in [0.2, 0.25) is 0 Å². The van der Waals surface area contributed by atoms with Gasteiger partial charge in [-0.3, -0.25) is 0 Å². The first kappa shape index (κ1) is 17.5. The van der Waals surface area contributed by atoms with E-state index in [4.69, 9.17) is 0 Å². The molecule has 4 rings (SSSR count). The van der Waals surface area contributed by atoms with E-state index in [1.807, 2.05) is 25.2 Å². The van der Waals surface area contributed by atoms with Gasteiger partial charge >= 0.3 is 0 Å². The first-order valence-electron chi connectivity index (χ1n) is 8.60. The van der Waals surface area contributed by atoms with Gasteiger partial charge in [-0.2, -0.15) is 0 Å². The van der Waals surface area contributed by atoms with Crippen molar-refractivity contribution in [2.75, 3.05) is 0 Å². The zero-order valence-electron chi connectivity index (χ0n) is 15.4. The zero-order chi connectivity index (χ0) is 18.0. The standard InChI is InChI=1S/C10H13N3.C10H11NS/c1-7(2)9-12-8-5-4-6-11-10(8)13(9)3;1-7(2)10-11-8-5-3-4-6-9(8)12-10/h4-7H,1-3H3;3-7H,1-2H3. The Morgan fingerprint density at radius 3 is 2.24 bits per heavy atom. The maximum absolute atomic E-state index is 4.53. The molecule has 0 atom stereocenters. The molecule has 5 heteroatoms. The number of nitrogens with zero attached hydrogens (tertiary/aromatic N) is 4. The van der Waals surface area contributed by atoms with Crippen molar-refractivity contribution in [2.45, 2.75) is 39.5 Å². The molecule has 130 valence electrons. The van der Waals surface area contributed by atoms with E-state index < -0.39 is 0 Å². The Hall–Kier alpha value is -2.27. The first-order chi connectivity index (χ1) is 12.0. The number of rotatable bonds is 2. The summed E-state index contributed by atoms with van der Waals surface area (Å²) in [5.41, 5.74) is 3.08. The molecule has 25 heavy (non-hydrogen) atoms.